The van der Waals surface area contributed by atoms with Gasteiger partial charge in [-0.05, 0) is 12.5 Å². The van der Waals surface area contributed by atoms with Crippen molar-refractivity contribution in [1.82, 2.24) is 9.97 Å². The lowest BCUT2D eigenvalue weighted by molar-refractivity contribution is 0.120. The van der Waals surface area contributed by atoms with Gasteiger partial charge in [-0.3, -0.25) is 0 Å². The second-order valence-electron chi connectivity index (χ2n) is 2.82. The van der Waals surface area contributed by atoms with E-state index in [1.165, 1.54) is 6.33 Å². The van der Waals surface area contributed by atoms with Gasteiger partial charge < -0.3 is 10.5 Å². The summed E-state index contributed by atoms with van der Waals surface area (Å²) in [5, 5.41) is 0. The van der Waals surface area contributed by atoms with E-state index >= 15 is 0 Å². The van der Waals surface area contributed by atoms with Crippen LogP contribution in [-0.2, 0) is 4.74 Å². The maximum atomic E-state index is 5.82. The van der Waals surface area contributed by atoms with Gasteiger partial charge in [-0.15, -0.1) is 0 Å². The first-order valence-corrected chi connectivity index (χ1v) is 4.43. The monoisotopic (exact) mass is 181 g/mol. The largest absolute Gasteiger partial charge is 0.379 e. The fourth-order valence-electron chi connectivity index (χ4n) is 0.960. The molecule has 0 aliphatic rings. The summed E-state index contributed by atoms with van der Waals surface area (Å²) in [5.41, 5.74) is 6.65. The van der Waals surface area contributed by atoms with Crippen LogP contribution in [0.2, 0.25) is 0 Å². The van der Waals surface area contributed by atoms with Crippen LogP contribution in [0, 0.1) is 0 Å². The molecule has 72 valence electrons. The van der Waals surface area contributed by atoms with E-state index < -0.39 is 0 Å². The topological polar surface area (TPSA) is 61.0 Å². The predicted molar refractivity (Wildman–Crippen MR) is 50.1 cm³/mol. The first kappa shape index (κ1) is 10.1. The van der Waals surface area contributed by atoms with Gasteiger partial charge in [0.15, 0.2) is 0 Å². The van der Waals surface area contributed by atoms with Gasteiger partial charge in [-0.25, -0.2) is 9.97 Å². The molecule has 0 amide bonds. The van der Waals surface area contributed by atoms with Crippen molar-refractivity contribution in [2.45, 2.75) is 19.4 Å². The molecule has 13 heavy (non-hydrogen) atoms. The van der Waals surface area contributed by atoms with Crippen LogP contribution in [0.15, 0.2) is 18.6 Å². The van der Waals surface area contributed by atoms with Crippen molar-refractivity contribution in [2.24, 2.45) is 5.73 Å². The average molecular weight is 181 g/mol. The standard InChI is InChI=1S/C9H15N3O/c1-2-5-13-6-8(10)9-3-4-11-7-12-9/h3-4,7-8H,2,5-6,10H2,1H3. The van der Waals surface area contributed by atoms with Gasteiger partial charge >= 0.3 is 0 Å². The first-order chi connectivity index (χ1) is 6.34. The Morgan fingerprint density at radius 2 is 2.46 bits per heavy atom. The smallest absolute Gasteiger partial charge is 0.115 e. The minimum absolute atomic E-state index is 0.144. The Hall–Kier alpha value is -1.00. The molecular formula is C9H15N3O. The number of ether oxygens (including phenoxy) is 1. The first-order valence-electron chi connectivity index (χ1n) is 4.43. The highest BCUT2D eigenvalue weighted by Gasteiger charge is 2.05. The Morgan fingerprint density at radius 3 is 3.08 bits per heavy atom. The van der Waals surface area contributed by atoms with E-state index in [2.05, 4.69) is 16.9 Å². The van der Waals surface area contributed by atoms with Crippen molar-refractivity contribution in [3.05, 3.63) is 24.3 Å². The molecule has 4 nitrogen and oxygen atoms in total. The van der Waals surface area contributed by atoms with E-state index in [0.29, 0.717) is 6.61 Å². The van der Waals surface area contributed by atoms with Gasteiger partial charge in [0.1, 0.15) is 6.33 Å². The summed E-state index contributed by atoms with van der Waals surface area (Å²) >= 11 is 0. The number of aromatic nitrogens is 2. The summed E-state index contributed by atoms with van der Waals surface area (Å²) in [5.74, 6) is 0. The molecule has 0 aromatic carbocycles. The molecule has 2 N–H and O–H groups in total. The second-order valence-corrected chi connectivity index (χ2v) is 2.82. The summed E-state index contributed by atoms with van der Waals surface area (Å²) in [4.78, 5) is 7.86. The van der Waals surface area contributed by atoms with Gasteiger partial charge in [0.25, 0.3) is 0 Å². The minimum atomic E-state index is -0.144. The molecule has 0 aliphatic heterocycles. The van der Waals surface area contributed by atoms with Crippen LogP contribution >= 0.6 is 0 Å². The van der Waals surface area contributed by atoms with Crippen molar-refractivity contribution in [3.8, 4) is 0 Å². The molecule has 0 radical (unpaired) electrons. The molecular weight excluding hydrogens is 166 g/mol. The van der Waals surface area contributed by atoms with E-state index in [1.54, 1.807) is 12.3 Å². The summed E-state index contributed by atoms with van der Waals surface area (Å²) in [7, 11) is 0. The fourth-order valence-corrected chi connectivity index (χ4v) is 0.960. The second kappa shape index (κ2) is 5.61. The van der Waals surface area contributed by atoms with Gasteiger partial charge in [0.2, 0.25) is 0 Å². The predicted octanol–water partition coefficient (Wildman–Crippen LogP) is 0.903. The third-order valence-electron chi connectivity index (χ3n) is 1.63. The molecule has 0 saturated carbocycles. The molecule has 1 heterocycles. The van der Waals surface area contributed by atoms with E-state index in [4.69, 9.17) is 10.5 Å². The maximum absolute atomic E-state index is 5.82. The molecule has 1 unspecified atom stereocenters. The number of nitrogens with zero attached hydrogens (tertiary/aromatic N) is 2. The number of hydrogen-bond acceptors (Lipinski definition) is 4. The Kier molecular flexibility index (Phi) is 4.35. The van der Waals surface area contributed by atoms with Crippen molar-refractivity contribution in [3.63, 3.8) is 0 Å². The maximum Gasteiger partial charge on any atom is 0.115 e. The lowest BCUT2D eigenvalue weighted by atomic mass is 10.2. The van der Waals surface area contributed by atoms with Crippen LogP contribution < -0.4 is 5.73 Å². The normalized spacial score (nSPS) is 12.8. The highest BCUT2D eigenvalue weighted by atomic mass is 16.5. The number of hydrogen-bond donors (Lipinski definition) is 1. The lowest BCUT2D eigenvalue weighted by Gasteiger charge is -2.10. The van der Waals surface area contributed by atoms with Crippen LogP contribution in [0.1, 0.15) is 25.1 Å². The van der Waals surface area contributed by atoms with Crippen LogP contribution in [0.25, 0.3) is 0 Å². The highest BCUT2D eigenvalue weighted by molar-refractivity contribution is 5.03. The third kappa shape index (κ3) is 3.48. The van der Waals surface area contributed by atoms with Gasteiger partial charge in [-0.2, -0.15) is 0 Å². The van der Waals surface area contributed by atoms with Gasteiger partial charge in [-0.1, -0.05) is 6.92 Å². The molecule has 1 aromatic rings. The zero-order valence-corrected chi connectivity index (χ0v) is 7.81. The van der Waals surface area contributed by atoms with E-state index in [9.17, 15) is 0 Å². The van der Waals surface area contributed by atoms with Crippen molar-refractivity contribution in [1.29, 1.82) is 0 Å². The molecule has 1 aromatic heterocycles. The SMILES string of the molecule is CCCOCC(N)c1ccncn1. The van der Waals surface area contributed by atoms with E-state index in [-0.39, 0.29) is 6.04 Å². The van der Waals surface area contributed by atoms with Crippen molar-refractivity contribution >= 4 is 0 Å². The quantitative estimate of drug-likeness (QED) is 0.686. The summed E-state index contributed by atoms with van der Waals surface area (Å²) < 4.78 is 5.31. The molecule has 4 heteroatoms. The fraction of sp³-hybridized carbons (Fsp3) is 0.556. The van der Waals surface area contributed by atoms with Crippen LogP contribution in [0.4, 0.5) is 0 Å². The Morgan fingerprint density at radius 1 is 1.62 bits per heavy atom. The van der Waals surface area contributed by atoms with Crippen LogP contribution in [0.3, 0.4) is 0 Å². The summed E-state index contributed by atoms with van der Waals surface area (Å²) in [6.45, 7) is 3.33. The Bertz CT molecular complexity index is 228. The lowest BCUT2D eigenvalue weighted by Crippen LogP contribution is -2.18. The zero-order chi connectivity index (χ0) is 9.52. The molecule has 0 saturated heterocycles. The molecule has 1 rings (SSSR count). The van der Waals surface area contributed by atoms with E-state index in [0.717, 1.165) is 18.7 Å². The minimum Gasteiger partial charge on any atom is -0.379 e. The third-order valence-corrected chi connectivity index (χ3v) is 1.63. The van der Waals surface area contributed by atoms with Crippen LogP contribution in [0.5, 0.6) is 0 Å². The summed E-state index contributed by atoms with van der Waals surface area (Å²) in [6.07, 6.45) is 4.19. The Balaban J connectivity index is 2.35. The molecule has 0 spiro atoms. The summed E-state index contributed by atoms with van der Waals surface area (Å²) in [6, 6.07) is 1.66. The highest BCUT2D eigenvalue weighted by Crippen LogP contribution is 2.04. The molecule has 0 fully saturated rings. The number of nitrogens with two attached hydrogens (primary N) is 1. The number of rotatable bonds is 5. The van der Waals surface area contributed by atoms with Gasteiger partial charge in [0, 0.05) is 12.8 Å². The zero-order valence-electron chi connectivity index (χ0n) is 7.81. The van der Waals surface area contributed by atoms with Crippen molar-refractivity contribution < 1.29 is 4.74 Å². The molecule has 0 aliphatic carbocycles. The van der Waals surface area contributed by atoms with E-state index in [1.807, 2.05) is 0 Å². The molecule has 0 bridgehead atoms. The Labute approximate surface area is 78.1 Å². The van der Waals surface area contributed by atoms with Gasteiger partial charge in [0.05, 0.1) is 18.3 Å². The van der Waals surface area contributed by atoms with Crippen molar-refractivity contribution in [2.75, 3.05) is 13.2 Å². The average Bonchev–Trinajstić information content (AvgIpc) is 2.19. The molecule has 1 atom stereocenters. The van der Waals surface area contributed by atoms with Crippen LogP contribution in [-0.4, -0.2) is 23.2 Å².